The number of aliphatic imine (C=N–C) groups is 1. The minimum Gasteiger partial charge on any atom is -0.496 e. The predicted molar refractivity (Wildman–Crippen MR) is 33.8 cm³/mol. The lowest BCUT2D eigenvalue weighted by Gasteiger charge is -2.10. The summed E-state index contributed by atoms with van der Waals surface area (Å²) in [6.07, 6.45) is 1.86. The van der Waals surface area contributed by atoms with Crippen LogP contribution in [0.3, 0.4) is 0 Å². The maximum atomic E-state index is 8.80. The summed E-state index contributed by atoms with van der Waals surface area (Å²) >= 11 is 5.59. The first-order valence-corrected chi connectivity index (χ1v) is 3.12. The van der Waals surface area contributed by atoms with Crippen molar-refractivity contribution in [1.82, 2.24) is 0 Å². The molecule has 0 radical (unpaired) electrons. The molecule has 1 N–H and O–H groups in total. The number of rotatable bonds is 0. The van der Waals surface area contributed by atoms with Crippen molar-refractivity contribution in [3.63, 3.8) is 0 Å². The highest BCUT2D eigenvalue weighted by Crippen LogP contribution is 2.11. The molecule has 0 fully saturated rings. The van der Waals surface area contributed by atoms with Crippen LogP contribution in [-0.2, 0) is 0 Å². The second-order valence-corrected chi connectivity index (χ2v) is 2.38. The number of halogens is 1. The zero-order chi connectivity index (χ0) is 5.98. The summed E-state index contributed by atoms with van der Waals surface area (Å²) in [5.41, 5.74) is 0. The molecule has 0 aromatic carbocycles. The molecule has 46 valence electrons. The highest BCUT2D eigenvalue weighted by atomic mass is 35.5. The number of nitrogens with zero attached hydrogens (tertiary/aromatic N) is 1. The van der Waals surface area contributed by atoms with Crippen molar-refractivity contribution < 1.29 is 5.11 Å². The molecular weight excluding hydrogens is 126 g/mol. The van der Waals surface area contributed by atoms with Gasteiger partial charge in [-0.15, -0.1) is 11.6 Å². The van der Waals surface area contributed by atoms with E-state index in [-0.39, 0.29) is 11.3 Å². The first-order chi connectivity index (χ1) is 3.80. The minimum absolute atomic E-state index is 0.109. The molecule has 3 heteroatoms. The Hall–Kier alpha value is -0.240. The lowest BCUT2D eigenvalue weighted by atomic mass is 10.2. The SMILES string of the molecule is OC1=NCCCC1Cl. The summed E-state index contributed by atoms with van der Waals surface area (Å²) in [5.74, 6) is 0.109. The van der Waals surface area contributed by atoms with Gasteiger partial charge in [0, 0.05) is 6.54 Å². The highest BCUT2D eigenvalue weighted by Gasteiger charge is 2.13. The van der Waals surface area contributed by atoms with Crippen molar-refractivity contribution in [3.05, 3.63) is 0 Å². The predicted octanol–water partition coefficient (Wildman–Crippen LogP) is 1.34. The van der Waals surface area contributed by atoms with Crippen molar-refractivity contribution in [2.24, 2.45) is 4.99 Å². The van der Waals surface area contributed by atoms with E-state index in [9.17, 15) is 0 Å². The summed E-state index contributed by atoms with van der Waals surface area (Å²) in [5, 5.41) is 8.58. The van der Waals surface area contributed by atoms with Gasteiger partial charge in [-0.25, -0.2) is 0 Å². The number of alkyl halides is 1. The molecule has 1 aliphatic rings. The van der Waals surface area contributed by atoms with Crippen LogP contribution >= 0.6 is 11.6 Å². The molecule has 0 aromatic rings. The third-order valence-electron chi connectivity index (χ3n) is 1.17. The number of aliphatic hydroxyl groups is 1. The molecule has 0 aliphatic carbocycles. The fourth-order valence-corrected chi connectivity index (χ4v) is 0.916. The zero-order valence-electron chi connectivity index (χ0n) is 4.47. The van der Waals surface area contributed by atoms with Crippen LogP contribution in [0.25, 0.3) is 0 Å². The number of hydrogen-bond donors (Lipinski definition) is 1. The molecule has 8 heavy (non-hydrogen) atoms. The minimum atomic E-state index is -0.219. The van der Waals surface area contributed by atoms with Gasteiger partial charge < -0.3 is 5.11 Å². The zero-order valence-corrected chi connectivity index (χ0v) is 5.23. The first-order valence-electron chi connectivity index (χ1n) is 2.68. The summed E-state index contributed by atoms with van der Waals surface area (Å²) in [6, 6.07) is 0. The standard InChI is InChI=1S/C5H8ClNO/c6-4-2-1-3-7-5(4)8/h4H,1-3H2,(H,7,8). The van der Waals surface area contributed by atoms with Crippen LogP contribution in [-0.4, -0.2) is 22.9 Å². The van der Waals surface area contributed by atoms with Crippen molar-refractivity contribution in [2.45, 2.75) is 18.2 Å². The van der Waals surface area contributed by atoms with Crippen LogP contribution in [0.1, 0.15) is 12.8 Å². The summed E-state index contributed by atoms with van der Waals surface area (Å²) < 4.78 is 0. The van der Waals surface area contributed by atoms with Crippen LogP contribution in [0, 0.1) is 0 Å². The third-order valence-corrected chi connectivity index (χ3v) is 1.58. The second kappa shape index (κ2) is 2.35. The lowest BCUT2D eigenvalue weighted by molar-refractivity contribution is 0.505. The van der Waals surface area contributed by atoms with E-state index in [0.717, 1.165) is 19.4 Å². The van der Waals surface area contributed by atoms with Gasteiger partial charge in [0.15, 0.2) is 5.90 Å². The third kappa shape index (κ3) is 1.13. The van der Waals surface area contributed by atoms with E-state index in [0.29, 0.717) is 0 Å². The van der Waals surface area contributed by atoms with Crippen molar-refractivity contribution >= 4 is 17.5 Å². The van der Waals surface area contributed by atoms with E-state index >= 15 is 0 Å². The van der Waals surface area contributed by atoms with Gasteiger partial charge >= 0.3 is 0 Å². The maximum absolute atomic E-state index is 8.80. The summed E-state index contributed by atoms with van der Waals surface area (Å²) in [6.45, 7) is 0.731. The number of aliphatic hydroxyl groups excluding tert-OH is 1. The van der Waals surface area contributed by atoms with Crippen LogP contribution < -0.4 is 0 Å². The van der Waals surface area contributed by atoms with Gasteiger partial charge in [-0.3, -0.25) is 4.99 Å². The Morgan fingerprint density at radius 1 is 1.75 bits per heavy atom. The molecule has 0 bridgehead atoms. The van der Waals surface area contributed by atoms with Gasteiger partial charge in [0.05, 0.1) is 0 Å². The van der Waals surface area contributed by atoms with Gasteiger partial charge in [0.2, 0.25) is 0 Å². The van der Waals surface area contributed by atoms with Crippen molar-refractivity contribution in [3.8, 4) is 0 Å². The van der Waals surface area contributed by atoms with Crippen molar-refractivity contribution in [1.29, 1.82) is 0 Å². The van der Waals surface area contributed by atoms with Crippen LogP contribution in [0.5, 0.6) is 0 Å². The average molecular weight is 134 g/mol. The molecular formula is C5H8ClNO. The van der Waals surface area contributed by atoms with Crippen LogP contribution in [0.15, 0.2) is 4.99 Å². The molecule has 0 spiro atoms. The molecule has 1 unspecified atom stereocenters. The number of hydrogen-bond acceptors (Lipinski definition) is 1. The molecule has 0 saturated heterocycles. The monoisotopic (exact) mass is 133 g/mol. The fourth-order valence-electron chi connectivity index (χ4n) is 0.692. The Morgan fingerprint density at radius 2 is 2.50 bits per heavy atom. The van der Waals surface area contributed by atoms with E-state index in [2.05, 4.69) is 4.99 Å². The molecule has 1 heterocycles. The van der Waals surface area contributed by atoms with Gasteiger partial charge in [0.25, 0.3) is 0 Å². The fraction of sp³-hybridized carbons (Fsp3) is 0.800. The molecule has 0 aromatic heterocycles. The molecule has 1 atom stereocenters. The maximum Gasteiger partial charge on any atom is 0.199 e. The van der Waals surface area contributed by atoms with Gasteiger partial charge in [-0.2, -0.15) is 0 Å². The van der Waals surface area contributed by atoms with Crippen LogP contribution in [0.2, 0.25) is 0 Å². The van der Waals surface area contributed by atoms with Gasteiger partial charge in [0.1, 0.15) is 5.38 Å². The Bertz CT molecular complexity index is 113. The average Bonchev–Trinajstić information content (AvgIpc) is 1.77. The molecule has 1 aliphatic heterocycles. The van der Waals surface area contributed by atoms with E-state index in [4.69, 9.17) is 16.7 Å². The van der Waals surface area contributed by atoms with E-state index in [1.54, 1.807) is 0 Å². The summed E-state index contributed by atoms with van der Waals surface area (Å²) in [7, 11) is 0. The van der Waals surface area contributed by atoms with Crippen LogP contribution in [0.4, 0.5) is 0 Å². The lowest BCUT2D eigenvalue weighted by Crippen LogP contribution is -2.18. The molecule has 1 rings (SSSR count). The Labute approximate surface area is 53.2 Å². The highest BCUT2D eigenvalue weighted by molar-refractivity contribution is 6.30. The Kier molecular flexibility index (Phi) is 1.73. The topological polar surface area (TPSA) is 32.6 Å². The first kappa shape index (κ1) is 5.89. The normalized spacial score (nSPS) is 29.6. The molecule has 0 saturated carbocycles. The summed E-state index contributed by atoms with van der Waals surface area (Å²) in [4.78, 5) is 3.75. The van der Waals surface area contributed by atoms with E-state index in [1.807, 2.05) is 0 Å². The van der Waals surface area contributed by atoms with Gasteiger partial charge in [-0.05, 0) is 12.8 Å². The van der Waals surface area contributed by atoms with Crippen molar-refractivity contribution in [2.75, 3.05) is 6.54 Å². The molecule has 2 nitrogen and oxygen atoms in total. The largest absolute Gasteiger partial charge is 0.496 e. The smallest absolute Gasteiger partial charge is 0.199 e. The molecule has 0 amide bonds. The quantitative estimate of drug-likeness (QED) is 0.497. The van der Waals surface area contributed by atoms with Gasteiger partial charge in [-0.1, -0.05) is 0 Å². The Balaban J connectivity index is 2.53. The van der Waals surface area contributed by atoms with E-state index < -0.39 is 0 Å². The Morgan fingerprint density at radius 3 is 2.88 bits per heavy atom. The van der Waals surface area contributed by atoms with E-state index in [1.165, 1.54) is 0 Å². The second-order valence-electron chi connectivity index (χ2n) is 1.85.